The molecule has 2 rings (SSSR count). The van der Waals surface area contributed by atoms with Crippen molar-refractivity contribution in [3.63, 3.8) is 0 Å². The lowest BCUT2D eigenvalue weighted by molar-refractivity contribution is -0.162. The van der Waals surface area contributed by atoms with E-state index in [2.05, 4.69) is 0 Å². The van der Waals surface area contributed by atoms with Crippen LogP contribution < -0.4 is 0 Å². The van der Waals surface area contributed by atoms with Crippen molar-refractivity contribution in [3.05, 3.63) is 34.9 Å². The van der Waals surface area contributed by atoms with Gasteiger partial charge in [-0.3, -0.25) is 9.59 Å². The van der Waals surface area contributed by atoms with Crippen molar-refractivity contribution < 1.29 is 19.4 Å². The van der Waals surface area contributed by atoms with Crippen molar-refractivity contribution in [2.75, 3.05) is 6.61 Å². The smallest absolute Gasteiger partial charge is 0.328 e. The second-order valence-corrected chi connectivity index (χ2v) is 5.53. The first kappa shape index (κ1) is 14.9. The highest BCUT2D eigenvalue weighted by Crippen LogP contribution is 2.43. The zero-order valence-electron chi connectivity index (χ0n) is 11.3. The second kappa shape index (κ2) is 5.83. The number of carboxylic acids is 1. The maximum absolute atomic E-state index is 12.3. The Balaban J connectivity index is 2.49. The number of carbonyl (C=O) groups excluding carboxylic acids is 1. The van der Waals surface area contributed by atoms with E-state index in [-0.39, 0.29) is 18.9 Å². The Hall–Kier alpha value is -1.55. The summed E-state index contributed by atoms with van der Waals surface area (Å²) in [6.45, 7) is 1.82. The molecule has 0 amide bonds. The number of ether oxygens (including phenoxy) is 1. The van der Waals surface area contributed by atoms with Crippen LogP contribution in [0.1, 0.15) is 31.7 Å². The molecule has 5 heteroatoms. The predicted molar refractivity (Wildman–Crippen MR) is 74.7 cm³/mol. The third kappa shape index (κ3) is 2.80. The Kier molecular flexibility index (Phi) is 4.33. The lowest BCUT2D eigenvalue weighted by atomic mass is 9.76. The molecule has 4 nitrogen and oxygen atoms in total. The van der Waals surface area contributed by atoms with Gasteiger partial charge in [0.25, 0.3) is 0 Å². The van der Waals surface area contributed by atoms with Crippen LogP contribution in [-0.2, 0) is 19.7 Å². The third-order valence-corrected chi connectivity index (χ3v) is 3.83. The SMILES string of the molecule is CCOC(=O)C(CC1CC1)(C(=O)O)c1cccc(Cl)c1. The molecule has 1 aromatic rings. The second-order valence-electron chi connectivity index (χ2n) is 5.09. The number of carboxylic acid groups (broad SMARTS) is 1. The molecule has 1 aliphatic carbocycles. The predicted octanol–water partition coefficient (Wildman–Crippen LogP) is 3.03. The number of carbonyl (C=O) groups is 2. The number of aliphatic carboxylic acids is 1. The van der Waals surface area contributed by atoms with Crippen LogP contribution in [0.2, 0.25) is 5.02 Å². The van der Waals surface area contributed by atoms with E-state index in [1.807, 2.05) is 0 Å². The zero-order chi connectivity index (χ0) is 14.8. The summed E-state index contributed by atoms with van der Waals surface area (Å²) in [5.74, 6) is -1.62. The van der Waals surface area contributed by atoms with Crippen molar-refractivity contribution in [1.29, 1.82) is 0 Å². The first-order chi connectivity index (χ1) is 9.50. The van der Waals surface area contributed by atoms with Crippen LogP contribution in [0.3, 0.4) is 0 Å². The Morgan fingerprint density at radius 3 is 2.65 bits per heavy atom. The molecule has 0 bridgehead atoms. The molecule has 1 fully saturated rings. The first-order valence-electron chi connectivity index (χ1n) is 6.67. The molecule has 0 aliphatic heterocycles. The standard InChI is InChI=1S/C15H17ClO4/c1-2-20-14(19)15(13(17)18,9-10-6-7-10)11-4-3-5-12(16)8-11/h3-5,8,10H,2,6-7,9H2,1H3,(H,17,18). The van der Waals surface area contributed by atoms with Gasteiger partial charge in [0.2, 0.25) is 0 Å². The summed E-state index contributed by atoms with van der Waals surface area (Å²) in [4.78, 5) is 24.2. The van der Waals surface area contributed by atoms with Gasteiger partial charge in [-0.1, -0.05) is 36.6 Å². The van der Waals surface area contributed by atoms with Crippen molar-refractivity contribution in [3.8, 4) is 0 Å². The minimum atomic E-state index is -1.65. The summed E-state index contributed by atoms with van der Waals surface area (Å²) in [7, 11) is 0. The van der Waals surface area contributed by atoms with Crippen molar-refractivity contribution >= 4 is 23.5 Å². The number of halogens is 1. The average molecular weight is 297 g/mol. The fraction of sp³-hybridized carbons (Fsp3) is 0.467. The lowest BCUT2D eigenvalue weighted by Crippen LogP contribution is -2.45. The highest BCUT2D eigenvalue weighted by atomic mass is 35.5. The molecule has 1 aliphatic rings. The maximum atomic E-state index is 12.3. The quantitative estimate of drug-likeness (QED) is 0.647. The van der Waals surface area contributed by atoms with Gasteiger partial charge in [0.05, 0.1) is 6.61 Å². The zero-order valence-corrected chi connectivity index (χ0v) is 12.0. The van der Waals surface area contributed by atoms with E-state index in [0.29, 0.717) is 10.6 Å². The molecule has 1 atom stereocenters. The van der Waals surface area contributed by atoms with Gasteiger partial charge in [0.1, 0.15) is 0 Å². The number of hydrogen-bond acceptors (Lipinski definition) is 3. The topological polar surface area (TPSA) is 63.6 Å². The van der Waals surface area contributed by atoms with E-state index < -0.39 is 17.4 Å². The molecule has 0 heterocycles. The van der Waals surface area contributed by atoms with Crippen LogP contribution in [0.15, 0.2) is 24.3 Å². The van der Waals surface area contributed by atoms with Gasteiger partial charge >= 0.3 is 11.9 Å². The number of rotatable bonds is 6. The van der Waals surface area contributed by atoms with E-state index in [4.69, 9.17) is 16.3 Å². The summed E-state index contributed by atoms with van der Waals surface area (Å²) >= 11 is 5.94. The normalized spacial score (nSPS) is 17.3. The Morgan fingerprint density at radius 1 is 1.45 bits per heavy atom. The maximum Gasteiger partial charge on any atom is 0.328 e. The molecule has 1 N–H and O–H groups in total. The lowest BCUT2D eigenvalue weighted by Gasteiger charge is -2.27. The summed E-state index contributed by atoms with van der Waals surface area (Å²) in [6.07, 6.45) is 2.17. The minimum Gasteiger partial charge on any atom is -0.480 e. The Bertz CT molecular complexity index is 524. The summed E-state index contributed by atoms with van der Waals surface area (Å²) in [5.41, 5.74) is -1.26. The first-order valence-corrected chi connectivity index (χ1v) is 7.05. The fourth-order valence-electron chi connectivity index (χ4n) is 2.38. The van der Waals surface area contributed by atoms with E-state index >= 15 is 0 Å². The Morgan fingerprint density at radius 2 is 2.15 bits per heavy atom. The molecule has 108 valence electrons. The molecule has 0 radical (unpaired) electrons. The highest BCUT2D eigenvalue weighted by Gasteiger charge is 2.52. The summed E-state index contributed by atoms with van der Waals surface area (Å²) < 4.78 is 5.03. The molecule has 1 saturated carbocycles. The molecule has 20 heavy (non-hydrogen) atoms. The molecule has 0 aromatic heterocycles. The van der Waals surface area contributed by atoms with Crippen LogP contribution in [0, 0.1) is 5.92 Å². The van der Waals surface area contributed by atoms with E-state index in [9.17, 15) is 14.7 Å². The van der Waals surface area contributed by atoms with E-state index in [1.165, 1.54) is 6.07 Å². The molecule has 0 saturated heterocycles. The number of benzene rings is 1. The molecular formula is C15H17ClO4. The van der Waals surface area contributed by atoms with Gasteiger partial charge in [-0.25, -0.2) is 0 Å². The minimum absolute atomic E-state index is 0.152. The van der Waals surface area contributed by atoms with Crippen LogP contribution in [0.5, 0.6) is 0 Å². The molecule has 1 unspecified atom stereocenters. The summed E-state index contributed by atoms with van der Waals surface area (Å²) in [6, 6.07) is 6.47. The largest absolute Gasteiger partial charge is 0.480 e. The molecular weight excluding hydrogens is 280 g/mol. The molecule has 1 aromatic carbocycles. The Labute approximate surface area is 122 Å². The van der Waals surface area contributed by atoms with Crippen LogP contribution in [0.25, 0.3) is 0 Å². The van der Waals surface area contributed by atoms with Gasteiger partial charge < -0.3 is 9.84 Å². The van der Waals surface area contributed by atoms with Gasteiger partial charge in [-0.2, -0.15) is 0 Å². The van der Waals surface area contributed by atoms with E-state index in [0.717, 1.165) is 12.8 Å². The van der Waals surface area contributed by atoms with Gasteiger partial charge in [-0.05, 0) is 37.0 Å². The van der Waals surface area contributed by atoms with Crippen molar-refractivity contribution in [2.24, 2.45) is 5.92 Å². The van der Waals surface area contributed by atoms with Gasteiger partial charge in [0.15, 0.2) is 5.41 Å². The van der Waals surface area contributed by atoms with E-state index in [1.54, 1.807) is 25.1 Å². The van der Waals surface area contributed by atoms with Crippen molar-refractivity contribution in [1.82, 2.24) is 0 Å². The number of hydrogen-bond donors (Lipinski definition) is 1. The van der Waals surface area contributed by atoms with Gasteiger partial charge in [0, 0.05) is 5.02 Å². The molecule has 0 spiro atoms. The fourth-order valence-corrected chi connectivity index (χ4v) is 2.57. The van der Waals surface area contributed by atoms with Crippen LogP contribution in [-0.4, -0.2) is 23.7 Å². The van der Waals surface area contributed by atoms with Crippen molar-refractivity contribution in [2.45, 2.75) is 31.6 Å². The summed E-state index contributed by atoms with van der Waals surface area (Å²) in [5, 5.41) is 10.1. The van der Waals surface area contributed by atoms with Crippen LogP contribution >= 0.6 is 11.6 Å². The van der Waals surface area contributed by atoms with Gasteiger partial charge in [-0.15, -0.1) is 0 Å². The third-order valence-electron chi connectivity index (χ3n) is 3.60. The number of esters is 1. The average Bonchev–Trinajstić information content (AvgIpc) is 3.19. The highest BCUT2D eigenvalue weighted by molar-refractivity contribution is 6.30. The monoisotopic (exact) mass is 296 g/mol. The van der Waals surface area contributed by atoms with Crippen LogP contribution in [0.4, 0.5) is 0 Å².